The predicted octanol–water partition coefficient (Wildman–Crippen LogP) is 2.92. The van der Waals surface area contributed by atoms with E-state index in [0.717, 1.165) is 17.7 Å². The van der Waals surface area contributed by atoms with Gasteiger partial charge in [0, 0.05) is 6.54 Å². The molecule has 2 aromatic rings. The van der Waals surface area contributed by atoms with E-state index in [1.54, 1.807) is 17.5 Å². The molecule has 0 saturated heterocycles. The van der Waals surface area contributed by atoms with Crippen LogP contribution < -0.4 is 4.72 Å². The van der Waals surface area contributed by atoms with Crippen LogP contribution in [0.5, 0.6) is 0 Å². The van der Waals surface area contributed by atoms with Crippen molar-refractivity contribution in [3.63, 3.8) is 0 Å². The number of sulfonamides is 1. The number of hydrogen-bond donors (Lipinski definition) is 1. The van der Waals surface area contributed by atoms with Crippen molar-refractivity contribution in [2.75, 3.05) is 18.8 Å². The summed E-state index contributed by atoms with van der Waals surface area (Å²) >= 11 is 1.21. The van der Waals surface area contributed by atoms with Crippen LogP contribution in [0.2, 0.25) is 0 Å². The van der Waals surface area contributed by atoms with Gasteiger partial charge in [-0.2, -0.15) is 0 Å². The van der Waals surface area contributed by atoms with Gasteiger partial charge in [0.15, 0.2) is 0 Å². The van der Waals surface area contributed by atoms with Gasteiger partial charge < -0.3 is 4.90 Å². The Morgan fingerprint density at radius 1 is 1.25 bits per heavy atom. The Kier molecular flexibility index (Phi) is 4.47. The number of aryl methyl sites for hydroxylation is 1. The maximum Gasteiger partial charge on any atom is 0.271 e. The molecule has 0 bridgehead atoms. The number of nitrogens with zero attached hydrogens (tertiary/aromatic N) is 1. The highest BCUT2D eigenvalue weighted by Crippen LogP contribution is 2.23. The molecule has 4 nitrogen and oxygen atoms in total. The smallest absolute Gasteiger partial charge is 0.271 e. The first kappa shape index (κ1) is 15.0. The van der Waals surface area contributed by atoms with E-state index in [0.29, 0.717) is 9.90 Å². The van der Waals surface area contributed by atoms with Gasteiger partial charge in [0.1, 0.15) is 4.21 Å². The van der Waals surface area contributed by atoms with Crippen LogP contribution >= 0.6 is 11.3 Å². The molecular weight excluding hydrogens is 292 g/mol. The van der Waals surface area contributed by atoms with Gasteiger partial charge >= 0.3 is 0 Å². The molecule has 0 aliphatic heterocycles. The molecular formula is C14H18N2O2S2. The van der Waals surface area contributed by atoms with Crippen molar-refractivity contribution in [1.82, 2.24) is 4.90 Å². The van der Waals surface area contributed by atoms with Crippen molar-refractivity contribution in [2.45, 2.75) is 17.7 Å². The van der Waals surface area contributed by atoms with E-state index >= 15 is 0 Å². The normalized spacial score (nSPS) is 11.8. The van der Waals surface area contributed by atoms with Gasteiger partial charge in [-0.25, -0.2) is 8.42 Å². The van der Waals surface area contributed by atoms with E-state index in [-0.39, 0.29) is 0 Å². The van der Waals surface area contributed by atoms with Crippen LogP contribution in [0, 0.1) is 6.92 Å². The Morgan fingerprint density at radius 2 is 2.00 bits per heavy atom. The van der Waals surface area contributed by atoms with Crippen molar-refractivity contribution in [1.29, 1.82) is 0 Å². The van der Waals surface area contributed by atoms with Crippen LogP contribution in [0.1, 0.15) is 11.1 Å². The van der Waals surface area contributed by atoms with Crippen LogP contribution in [-0.4, -0.2) is 27.4 Å². The highest BCUT2D eigenvalue weighted by Gasteiger charge is 2.16. The van der Waals surface area contributed by atoms with Crippen molar-refractivity contribution < 1.29 is 8.42 Å². The summed E-state index contributed by atoms with van der Waals surface area (Å²) in [6.45, 7) is 2.67. The average Bonchev–Trinajstić information content (AvgIpc) is 2.87. The largest absolute Gasteiger partial charge is 0.305 e. The number of thiophene rings is 1. The third-order valence-corrected chi connectivity index (χ3v) is 5.57. The first-order valence-corrected chi connectivity index (χ1v) is 8.55. The highest BCUT2D eigenvalue weighted by molar-refractivity contribution is 7.94. The maximum atomic E-state index is 12.2. The molecule has 1 aromatic carbocycles. The quantitative estimate of drug-likeness (QED) is 0.924. The Bertz CT molecular complexity index is 677. The second kappa shape index (κ2) is 5.95. The van der Waals surface area contributed by atoms with Crippen molar-refractivity contribution in [3.8, 4) is 0 Å². The van der Waals surface area contributed by atoms with Gasteiger partial charge in [0.05, 0.1) is 5.69 Å². The van der Waals surface area contributed by atoms with E-state index in [4.69, 9.17) is 0 Å². The van der Waals surface area contributed by atoms with Gasteiger partial charge in [0.25, 0.3) is 10.0 Å². The first-order valence-electron chi connectivity index (χ1n) is 6.19. The van der Waals surface area contributed by atoms with Crippen molar-refractivity contribution in [3.05, 3.63) is 46.8 Å². The second-order valence-electron chi connectivity index (χ2n) is 4.92. The fourth-order valence-corrected chi connectivity index (χ4v) is 3.97. The number of hydrogen-bond acceptors (Lipinski definition) is 4. The monoisotopic (exact) mass is 310 g/mol. The molecule has 1 heterocycles. The first-order chi connectivity index (χ1) is 9.38. The number of anilines is 1. The van der Waals surface area contributed by atoms with Crippen LogP contribution in [0.15, 0.2) is 39.9 Å². The molecule has 0 saturated carbocycles. The minimum atomic E-state index is -3.48. The molecule has 0 spiro atoms. The van der Waals surface area contributed by atoms with Gasteiger partial charge in [0.2, 0.25) is 0 Å². The molecule has 0 fully saturated rings. The average molecular weight is 310 g/mol. The van der Waals surface area contributed by atoms with Gasteiger partial charge in [-0.05, 0) is 49.7 Å². The van der Waals surface area contributed by atoms with Gasteiger partial charge in [-0.1, -0.05) is 18.2 Å². The van der Waals surface area contributed by atoms with Crippen LogP contribution in [0.4, 0.5) is 5.69 Å². The molecule has 1 aromatic heterocycles. The molecule has 2 rings (SSSR count). The number of rotatable bonds is 5. The Balaban J connectivity index is 2.29. The third kappa shape index (κ3) is 3.59. The SMILES string of the molecule is Cc1ccc(CN(C)C)cc1NS(=O)(=O)c1cccs1. The second-order valence-corrected chi connectivity index (χ2v) is 7.78. The van der Waals surface area contributed by atoms with Crippen molar-refractivity contribution >= 4 is 27.0 Å². The minimum Gasteiger partial charge on any atom is -0.305 e. The molecule has 0 unspecified atom stereocenters. The zero-order valence-corrected chi connectivity index (χ0v) is 13.4. The van der Waals surface area contributed by atoms with Gasteiger partial charge in [-0.3, -0.25) is 4.72 Å². The summed E-state index contributed by atoms with van der Waals surface area (Å²) in [5.74, 6) is 0. The zero-order chi connectivity index (χ0) is 14.8. The molecule has 0 atom stereocenters. The summed E-state index contributed by atoms with van der Waals surface area (Å²) < 4.78 is 27.5. The minimum absolute atomic E-state index is 0.329. The molecule has 0 radical (unpaired) electrons. The zero-order valence-electron chi connectivity index (χ0n) is 11.8. The van der Waals surface area contributed by atoms with Gasteiger partial charge in [-0.15, -0.1) is 11.3 Å². The summed E-state index contributed by atoms with van der Waals surface area (Å²) in [5.41, 5.74) is 2.62. The summed E-state index contributed by atoms with van der Waals surface area (Å²) in [5, 5.41) is 1.75. The van der Waals surface area contributed by atoms with Crippen molar-refractivity contribution in [2.24, 2.45) is 0 Å². The third-order valence-electron chi connectivity index (χ3n) is 2.81. The molecule has 108 valence electrons. The standard InChI is InChI=1S/C14H18N2O2S2/c1-11-6-7-12(10-16(2)3)9-13(11)15-20(17,18)14-5-4-8-19-14/h4-9,15H,10H2,1-3H3. The fourth-order valence-electron chi connectivity index (χ4n) is 1.85. The van der Waals surface area contributed by atoms with E-state index in [2.05, 4.69) is 4.72 Å². The summed E-state index contributed by atoms with van der Waals surface area (Å²) in [4.78, 5) is 2.04. The highest BCUT2D eigenvalue weighted by atomic mass is 32.2. The van der Waals surface area contributed by atoms with E-state index in [1.165, 1.54) is 11.3 Å². The topological polar surface area (TPSA) is 49.4 Å². The molecule has 1 N–H and O–H groups in total. The Morgan fingerprint density at radius 3 is 2.60 bits per heavy atom. The summed E-state index contributed by atoms with van der Waals surface area (Å²) in [6.07, 6.45) is 0. The molecule has 20 heavy (non-hydrogen) atoms. The molecule has 6 heteroatoms. The number of benzene rings is 1. The summed E-state index contributed by atoms with van der Waals surface area (Å²) in [6, 6.07) is 9.17. The number of nitrogens with one attached hydrogen (secondary N) is 1. The van der Waals surface area contributed by atoms with Crippen LogP contribution in [0.25, 0.3) is 0 Å². The lowest BCUT2D eigenvalue weighted by Crippen LogP contribution is -2.14. The van der Waals surface area contributed by atoms with Crippen LogP contribution in [-0.2, 0) is 16.6 Å². The lowest BCUT2D eigenvalue weighted by molar-refractivity contribution is 0.402. The lowest BCUT2D eigenvalue weighted by Gasteiger charge is -2.14. The Labute approximate surface area is 124 Å². The molecule has 0 aliphatic rings. The maximum absolute atomic E-state index is 12.2. The van der Waals surface area contributed by atoms with E-state index < -0.39 is 10.0 Å². The van der Waals surface area contributed by atoms with Crippen LogP contribution in [0.3, 0.4) is 0 Å². The predicted molar refractivity (Wildman–Crippen MR) is 83.7 cm³/mol. The fraction of sp³-hybridized carbons (Fsp3) is 0.286. The lowest BCUT2D eigenvalue weighted by atomic mass is 10.1. The molecule has 0 aliphatic carbocycles. The summed E-state index contributed by atoms with van der Waals surface area (Å²) in [7, 11) is 0.480. The Hall–Kier alpha value is -1.37. The van der Waals surface area contributed by atoms with E-state index in [9.17, 15) is 8.42 Å². The van der Waals surface area contributed by atoms with E-state index in [1.807, 2.05) is 44.1 Å². The molecule has 0 amide bonds.